The minimum Gasteiger partial charge on any atom is -0.422 e. The molecule has 0 spiro atoms. The van der Waals surface area contributed by atoms with Gasteiger partial charge in [-0.3, -0.25) is 4.40 Å². The van der Waals surface area contributed by atoms with E-state index < -0.39 is 0 Å². The van der Waals surface area contributed by atoms with Crippen molar-refractivity contribution in [2.24, 2.45) is 0 Å². The van der Waals surface area contributed by atoms with E-state index in [1.54, 1.807) is 0 Å². The number of hydrogen-bond donors (Lipinski definition) is 0. The van der Waals surface area contributed by atoms with Gasteiger partial charge in [0.25, 0.3) is 0 Å². The fraction of sp³-hybridized carbons (Fsp3) is 0. The summed E-state index contributed by atoms with van der Waals surface area (Å²) in [5, 5.41) is 0. The van der Waals surface area contributed by atoms with Crippen molar-refractivity contribution >= 4 is 28.0 Å². The molecule has 0 aliphatic rings. The van der Waals surface area contributed by atoms with Gasteiger partial charge in [-0.1, -0.05) is 72.8 Å². The van der Waals surface area contributed by atoms with Gasteiger partial charge in [0.2, 0.25) is 0 Å². The molecule has 6 rings (SSSR count). The molecule has 3 heteroatoms. The van der Waals surface area contributed by atoms with Gasteiger partial charge in [-0.05, 0) is 41.0 Å². The van der Waals surface area contributed by atoms with Crippen LogP contribution in [0.2, 0.25) is 0 Å². The van der Waals surface area contributed by atoms with Crippen LogP contribution in [0.5, 0.6) is 0 Å². The number of imidazole rings is 1. The molecule has 0 bridgehead atoms. The summed E-state index contributed by atoms with van der Waals surface area (Å²) >= 11 is 0. The van der Waals surface area contributed by atoms with Gasteiger partial charge in [0, 0.05) is 5.56 Å². The Morgan fingerprint density at radius 1 is 0.607 bits per heavy atom. The molecule has 0 unspecified atom stereocenters. The maximum Gasteiger partial charge on any atom is 0.307 e. The molecule has 2 aromatic heterocycles. The number of benzene rings is 4. The number of oxazole rings is 1. The summed E-state index contributed by atoms with van der Waals surface area (Å²) in [6, 6.07) is 33.4. The molecule has 0 aliphatic heterocycles. The van der Waals surface area contributed by atoms with E-state index in [2.05, 4.69) is 82.2 Å². The first kappa shape index (κ1) is 15.2. The maximum atomic E-state index is 6.22. The van der Waals surface area contributed by atoms with Crippen LogP contribution in [-0.4, -0.2) is 9.38 Å². The zero-order valence-electron chi connectivity index (χ0n) is 15.0. The number of nitrogens with zero attached hydrogens (tertiary/aromatic N) is 2. The van der Waals surface area contributed by atoms with E-state index >= 15 is 0 Å². The molecule has 0 amide bonds. The third-order valence-corrected chi connectivity index (χ3v) is 5.24. The second kappa shape index (κ2) is 5.83. The molecule has 2 heterocycles. The Kier molecular flexibility index (Phi) is 3.17. The lowest BCUT2D eigenvalue weighted by molar-refractivity contribution is 0.644. The lowest BCUT2D eigenvalue weighted by atomic mass is 9.98. The van der Waals surface area contributed by atoms with E-state index in [0.717, 1.165) is 33.3 Å². The number of aromatic nitrogens is 2. The van der Waals surface area contributed by atoms with Crippen molar-refractivity contribution in [1.82, 2.24) is 9.38 Å². The van der Waals surface area contributed by atoms with Gasteiger partial charge in [-0.2, -0.15) is 4.98 Å². The Bertz CT molecular complexity index is 1460. The predicted molar refractivity (Wildman–Crippen MR) is 113 cm³/mol. The first-order chi connectivity index (χ1) is 13.9. The second-order valence-electron chi connectivity index (χ2n) is 6.92. The summed E-state index contributed by atoms with van der Waals surface area (Å²) in [5.41, 5.74) is 8.50. The fourth-order valence-electron chi connectivity index (χ4n) is 3.93. The first-order valence-corrected chi connectivity index (χ1v) is 9.33. The Labute approximate surface area is 161 Å². The lowest BCUT2D eigenvalue weighted by Gasteiger charge is -2.06. The molecule has 6 aromatic rings. The SMILES string of the molecule is c1ccc(-c2cccc(-c3cccc4c3oc3nc5ccccc5n34)c2)cc1. The van der Waals surface area contributed by atoms with Gasteiger partial charge in [-0.15, -0.1) is 0 Å². The van der Waals surface area contributed by atoms with Crippen molar-refractivity contribution in [3.8, 4) is 22.3 Å². The minimum absolute atomic E-state index is 0.628. The molecule has 0 saturated heterocycles. The largest absolute Gasteiger partial charge is 0.422 e. The summed E-state index contributed by atoms with van der Waals surface area (Å²) in [4.78, 5) is 4.65. The van der Waals surface area contributed by atoms with Crippen LogP contribution in [0.1, 0.15) is 0 Å². The van der Waals surface area contributed by atoms with Gasteiger partial charge in [0.05, 0.1) is 16.6 Å². The molecule has 0 aliphatic carbocycles. The molecule has 3 nitrogen and oxygen atoms in total. The third-order valence-electron chi connectivity index (χ3n) is 5.24. The molecule has 0 saturated carbocycles. The number of hydrogen-bond acceptors (Lipinski definition) is 2. The topological polar surface area (TPSA) is 30.4 Å². The normalized spacial score (nSPS) is 11.6. The van der Waals surface area contributed by atoms with Crippen LogP contribution in [0.15, 0.2) is 101 Å². The van der Waals surface area contributed by atoms with E-state index in [1.165, 1.54) is 11.1 Å². The zero-order valence-corrected chi connectivity index (χ0v) is 15.0. The van der Waals surface area contributed by atoms with E-state index in [-0.39, 0.29) is 0 Å². The van der Waals surface area contributed by atoms with Crippen molar-refractivity contribution in [2.45, 2.75) is 0 Å². The van der Waals surface area contributed by atoms with Crippen LogP contribution in [0, 0.1) is 0 Å². The molecule has 0 fully saturated rings. The summed E-state index contributed by atoms with van der Waals surface area (Å²) in [7, 11) is 0. The van der Waals surface area contributed by atoms with Crippen molar-refractivity contribution in [2.75, 3.05) is 0 Å². The summed E-state index contributed by atoms with van der Waals surface area (Å²) in [6.45, 7) is 0. The van der Waals surface area contributed by atoms with Crippen molar-refractivity contribution in [1.29, 1.82) is 0 Å². The van der Waals surface area contributed by atoms with Crippen LogP contribution >= 0.6 is 0 Å². The van der Waals surface area contributed by atoms with Gasteiger partial charge < -0.3 is 4.42 Å². The van der Waals surface area contributed by atoms with Crippen molar-refractivity contribution < 1.29 is 4.42 Å². The van der Waals surface area contributed by atoms with Gasteiger partial charge >= 0.3 is 5.84 Å². The zero-order chi connectivity index (χ0) is 18.5. The van der Waals surface area contributed by atoms with Crippen molar-refractivity contribution in [3.63, 3.8) is 0 Å². The van der Waals surface area contributed by atoms with E-state index in [4.69, 9.17) is 4.42 Å². The molecule has 28 heavy (non-hydrogen) atoms. The summed E-state index contributed by atoms with van der Waals surface area (Å²) < 4.78 is 8.31. The first-order valence-electron chi connectivity index (χ1n) is 9.33. The highest BCUT2D eigenvalue weighted by atomic mass is 16.4. The molecule has 0 radical (unpaired) electrons. The Balaban J connectivity index is 1.60. The monoisotopic (exact) mass is 360 g/mol. The minimum atomic E-state index is 0.628. The molecule has 4 aromatic carbocycles. The van der Waals surface area contributed by atoms with E-state index in [1.807, 2.05) is 24.3 Å². The molecule has 0 atom stereocenters. The van der Waals surface area contributed by atoms with Crippen LogP contribution in [0.25, 0.3) is 50.2 Å². The molecule has 0 N–H and O–H groups in total. The molecule has 132 valence electrons. The Morgan fingerprint density at radius 2 is 1.32 bits per heavy atom. The van der Waals surface area contributed by atoms with Gasteiger partial charge in [0.15, 0.2) is 5.58 Å². The summed E-state index contributed by atoms with van der Waals surface area (Å²) in [5.74, 6) is 0.628. The average Bonchev–Trinajstić information content (AvgIpc) is 3.30. The highest BCUT2D eigenvalue weighted by molar-refractivity contribution is 5.96. The fourth-order valence-corrected chi connectivity index (χ4v) is 3.93. The van der Waals surface area contributed by atoms with E-state index in [0.29, 0.717) is 5.84 Å². The van der Waals surface area contributed by atoms with Crippen LogP contribution in [-0.2, 0) is 0 Å². The second-order valence-corrected chi connectivity index (χ2v) is 6.92. The lowest BCUT2D eigenvalue weighted by Crippen LogP contribution is -1.84. The van der Waals surface area contributed by atoms with Crippen LogP contribution in [0.3, 0.4) is 0 Å². The highest BCUT2D eigenvalue weighted by Gasteiger charge is 2.16. The third kappa shape index (κ3) is 2.20. The van der Waals surface area contributed by atoms with Crippen LogP contribution < -0.4 is 0 Å². The van der Waals surface area contributed by atoms with Gasteiger partial charge in [-0.25, -0.2) is 0 Å². The molecular formula is C25H16N2O. The molecular weight excluding hydrogens is 344 g/mol. The van der Waals surface area contributed by atoms with Crippen LogP contribution in [0.4, 0.5) is 0 Å². The Hall–Kier alpha value is -3.85. The van der Waals surface area contributed by atoms with E-state index in [9.17, 15) is 0 Å². The predicted octanol–water partition coefficient (Wildman–Crippen LogP) is 6.57. The maximum absolute atomic E-state index is 6.22. The number of rotatable bonds is 2. The average molecular weight is 360 g/mol. The number of fused-ring (bicyclic) bond motifs is 5. The number of para-hydroxylation sites is 3. The standard InChI is InChI=1S/C25H16N2O/c1-2-8-17(9-3-1)18-10-6-11-19(16-18)20-12-7-15-23-24(20)28-25-26-21-13-4-5-14-22(21)27(23)25/h1-16H. The van der Waals surface area contributed by atoms with Crippen molar-refractivity contribution in [3.05, 3.63) is 97.1 Å². The quantitative estimate of drug-likeness (QED) is 0.350. The highest BCUT2D eigenvalue weighted by Crippen LogP contribution is 2.34. The van der Waals surface area contributed by atoms with Gasteiger partial charge in [0.1, 0.15) is 0 Å². The summed E-state index contributed by atoms with van der Waals surface area (Å²) in [6.07, 6.45) is 0. The Morgan fingerprint density at radius 3 is 2.25 bits per heavy atom. The smallest absolute Gasteiger partial charge is 0.307 e.